The van der Waals surface area contributed by atoms with Gasteiger partial charge in [-0.25, -0.2) is 4.99 Å². The maximum Gasteiger partial charge on any atom is 0.292 e. The van der Waals surface area contributed by atoms with Crippen LogP contribution in [0.1, 0.15) is 18.9 Å². The van der Waals surface area contributed by atoms with E-state index in [2.05, 4.69) is 41.1 Å². The monoisotopic (exact) mass is 216 g/mol. The summed E-state index contributed by atoms with van der Waals surface area (Å²) in [6.07, 6.45) is 2.32. The Bertz CT molecular complexity index is 428. The van der Waals surface area contributed by atoms with Crippen LogP contribution in [0.3, 0.4) is 0 Å². The summed E-state index contributed by atoms with van der Waals surface area (Å²) >= 11 is 0. The lowest BCUT2D eigenvalue weighted by Gasteiger charge is -2.35. The number of benzene rings is 1. The molecule has 0 aromatic heterocycles. The van der Waals surface area contributed by atoms with E-state index < -0.39 is 0 Å². The van der Waals surface area contributed by atoms with Crippen molar-refractivity contribution in [1.82, 2.24) is 0 Å². The van der Waals surface area contributed by atoms with E-state index in [0.717, 1.165) is 25.6 Å². The molecule has 16 heavy (non-hydrogen) atoms. The standard InChI is InChI=1S/C13H16N2O/c1-10-6-7-11-4-2-3-5-12(11)15(10)13-14-8-9-16-13/h2-5,10H,6-9H2,1H3/t10-/m0/s1. The molecule has 3 heteroatoms. The molecule has 2 heterocycles. The fraction of sp³-hybridized carbons (Fsp3) is 0.462. The summed E-state index contributed by atoms with van der Waals surface area (Å²) in [5.41, 5.74) is 2.67. The molecule has 84 valence electrons. The molecule has 0 unspecified atom stereocenters. The molecule has 0 amide bonds. The normalized spacial score (nSPS) is 23.7. The van der Waals surface area contributed by atoms with Crippen LogP contribution in [0.2, 0.25) is 0 Å². The first kappa shape index (κ1) is 9.70. The molecule has 0 saturated carbocycles. The highest BCUT2D eigenvalue weighted by atomic mass is 16.5. The third kappa shape index (κ3) is 1.47. The van der Waals surface area contributed by atoms with E-state index in [1.54, 1.807) is 0 Å². The van der Waals surface area contributed by atoms with Crippen LogP contribution in [-0.4, -0.2) is 25.2 Å². The SMILES string of the molecule is C[C@H]1CCc2ccccc2N1C1=NCCO1. The average Bonchev–Trinajstić information content (AvgIpc) is 2.82. The molecule has 0 radical (unpaired) electrons. The predicted molar refractivity (Wildman–Crippen MR) is 65.0 cm³/mol. The molecule has 1 aromatic carbocycles. The Morgan fingerprint density at radius 1 is 1.38 bits per heavy atom. The topological polar surface area (TPSA) is 24.8 Å². The van der Waals surface area contributed by atoms with E-state index in [1.165, 1.54) is 17.7 Å². The molecule has 0 N–H and O–H groups in total. The van der Waals surface area contributed by atoms with Crippen LogP contribution in [0.5, 0.6) is 0 Å². The number of amidine groups is 1. The first-order chi connectivity index (χ1) is 7.86. The van der Waals surface area contributed by atoms with Gasteiger partial charge in [0.1, 0.15) is 6.61 Å². The zero-order chi connectivity index (χ0) is 11.0. The van der Waals surface area contributed by atoms with Crippen molar-refractivity contribution in [2.45, 2.75) is 25.8 Å². The predicted octanol–water partition coefficient (Wildman–Crippen LogP) is 2.21. The quantitative estimate of drug-likeness (QED) is 0.664. The average molecular weight is 216 g/mol. The Hall–Kier alpha value is -1.51. The number of ether oxygens (including phenoxy) is 1. The van der Waals surface area contributed by atoms with Crippen molar-refractivity contribution in [1.29, 1.82) is 0 Å². The molecular formula is C13H16N2O. The highest BCUT2D eigenvalue weighted by molar-refractivity contribution is 5.94. The molecule has 1 aromatic rings. The Kier molecular flexibility index (Phi) is 2.31. The lowest BCUT2D eigenvalue weighted by molar-refractivity contribution is 0.333. The minimum absolute atomic E-state index is 0.478. The van der Waals surface area contributed by atoms with Crippen molar-refractivity contribution >= 4 is 11.7 Å². The highest BCUT2D eigenvalue weighted by Gasteiger charge is 2.28. The van der Waals surface area contributed by atoms with Gasteiger partial charge in [0.2, 0.25) is 0 Å². The van der Waals surface area contributed by atoms with Gasteiger partial charge >= 0.3 is 0 Å². The summed E-state index contributed by atoms with van der Waals surface area (Å²) < 4.78 is 5.60. The van der Waals surface area contributed by atoms with Crippen molar-refractivity contribution in [2.75, 3.05) is 18.1 Å². The second-order valence-corrected chi connectivity index (χ2v) is 4.40. The van der Waals surface area contributed by atoms with E-state index in [-0.39, 0.29) is 0 Å². The third-order valence-electron chi connectivity index (χ3n) is 3.30. The number of anilines is 1. The van der Waals surface area contributed by atoms with Crippen LogP contribution < -0.4 is 4.90 Å². The number of para-hydroxylation sites is 1. The lowest BCUT2D eigenvalue weighted by Crippen LogP contribution is -2.42. The number of hydrogen-bond acceptors (Lipinski definition) is 3. The van der Waals surface area contributed by atoms with Crippen LogP contribution in [0.25, 0.3) is 0 Å². The van der Waals surface area contributed by atoms with Gasteiger partial charge < -0.3 is 4.74 Å². The summed E-state index contributed by atoms with van der Waals surface area (Å²) in [4.78, 5) is 6.67. The van der Waals surface area contributed by atoms with Crippen LogP contribution in [0, 0.1) is 0 Å². The first-order valence-electron chi connectivity index (χ1n) is 5.90. The van der Waals surface area contributed by atoms with Gasteiger partial charge in [0, 0.05) is 11.7 Å². The molecule has 2 aliphatic rings. The Morgan fingerprint density at radius 3 is 3.06 bits per heavy atom. The van der Waals surface area contributed by atoms with Gasteiger partial charge in [0.25, 0.3) is 6.02 Å². The fourth-order valence-electron chi connectivity index (χ4n) is 2.45. The van der Waals surface area contributed by atoms with Crippen LogP contribution in [0.4, 0.5) is 5.69 Å². The maximum atomic E-state index is 5.60. The Labute approximate surface area is 95.7 Å². The van der Waals surface area contributed by atoms with Gasteiger partial charge in [-0.1, -0.05) is 18.2 Å². The number of rotatable bonds is 0. The lowest BCUT2D eigenvalue weighted by atomic mass is 9.97. The van der Waals surface area contributed by atoms with E-state index >= 15 is 0 Å². The molecule has 1 atom stereocenters. The molecular weight excluding hydrogens is 200 g/mol. The number of hydrogen-bond donors (Lipinski definition) is 0. The zero-order valence-electron chi connectivity index (χ0n) is 9.52. The molecule has 0 saturated heterocycles. The van der Waals surface area contributed by atoms with E-state index in [1.807, 2.05) is 0 Å². The number of fused-ring (bicyclic) bond motifs is 1. The Morgan fingerprint density at radius 2 is 2.25 bits per heavy atom. The molecule has 3 nitrogen and oxygen atoms in total. The van der Waals surface area contributed by atoms with Crippen LogP contribution >= 0.6 is 0 Å². The van der Waals surface area contributed by atoms with E-state index in [0.29, 0.717) is 6.04 Å². The minimum atomic E-state index is 0.478. The summed E-state index contributed by atoms with van der Waals surface area (Å²) in [6, 6.07) is 9.83. The van der Waals surface area contributed by atoms with Crippen molar-refractivity contribution in [2.24, 2.45) is 4.99 Å². The number of nitrogens with zero attached hydrogens (tertiary/aromatic N) is 2. The van der Waals surface area contributed by atoms with Gasteiger partial charge in [-0.2, -0.15) is 0 Å². The first-order valence-corrected chi connectivity index (χ1v) is 5.90. The number of aliphatic imine (C=N–C) groups is 1. The minimum Gasteiger partial charge on any atom is -0.463 e. The molecule has 0 fully saturated rings. The van der Waals surface area contributed by atoms with Gasteiger partial charge in [-0.15, -0.1) is 0 Å². The smallest absolute Gasteiger partial charge is 0.292 e. The molecule has 0 spiro atoms. The third-order valence-corrected chi connectivity index (χ3v) is 3.30. The Balaban J connectivity index is 2.03. The maximum absolute atomic E-state index is 5.60. The van der Waals surface area contributed by atoms with Crippen molar-refractivity contribution in [3.8, 4) is 0 Å². The van der Waals surface area contributed by atoms with Crippen molar-refractivity contribution < 1.29 is 4.74 Å². The second-order valence-electron chi connectivity index (χ2n) is 4.40. The summed E-state index contributed by atoms with van der Waals surface area (Å²) in [7, 11) is 0. The second kappa shape index (κ2) is 3.81. The highest BCUT2D eigenvalue weighted by Crippen LogP contribution is 2.31. The van der Waals surface area contributed by atoms with Gasteiger partial charge in [-0.3, -0.25) is 4.90 Å². The van der Waals surface area contributed by atoms with Crippen LogP contribution in [0.15, 0.2) is 29.3 Å². The van der Waals surface area contributed by atoms with Crippen LogP contribution in [-0.2, 0) is 11.2 Å². The van der Waals surface area contributed by atoms with Gasteiger partial charge in [0.15, 0.2) is 0 Å². The number of aryl methyl sites for hydroxylation is 1. The molecule has 0 bridgehead atoms. The zero-order valence-corrected chi connectivity index (χ0v) is 9.52. The van der Waals surface area contributed by atoms with E-state index in [4.69, 9.17) is 4.74 Å². The largest absolute Gasteiger partial charge is 0.463 e. The molecule has 3 rings (SSSR count). The molecule has 2 aliphatic heterocycles. The van der Waals surface area contributed by atoms with Gasteiger partial charge in [-0.05, 0) is 31.4 Å². The van der Waals surface area contributed by atoms with E-state index in [9.17, 15) is 0 Å². The summed E-state index contributed by atoms with van der Waals surface area (Å²) in [5.74, 6) is 0. The summed E-state index contributed by atoms with van der Waals surface area (Å²) in [6.45, 7) is 3.75. The summed E-state index contributed by atoms with van der Waals surface area (Å²) in [5, 5.41) is 0. The van der Waals surface area contributed by atoms with Gasteiger partial charge in [0.05, 0.1) is 6.54 Å². The molecule has 0 aliphatic carbocycles. The van der Waals surface area contributed by atoms with Crippen molar-refractivity contribution in [3.05, 3.63) is 29.8 Å². The fourth-order valence-corrected chi connectivity index (χ4v) is 2.45. The van der Waals surface area contributed by atoms with Crippen molar-refractivity contribution in [3.63, 3.8) is 0 Å².